The van der Waals surface area contributed by atoms with Crippen molar-refractivity contribution in [3.63, 3.8) is 0 Å². The van der Waals surface area contributed by atoms with Crippen molar-refractivity contribution in [2.24, 2.45) is 0 Å². The summed E-state index contributed by atoms with van der Waals surface area (Å²) >= 11 is 0. The highest BCUT2D eigenvalue weighted by molar-refractivity contribution is 8.24. The molecule has 0 aromatic carbocycles. The molecule has 3 N–H and O–H groups in total. The van der Waals surface area contributed by atoms with Gasteiger partial charge in [0.25, 0.3) is 0 Å². The summed E-state index contributed by atoms with van der Waals surface area (Å²) in [5.41, 5.74) is 0. The Kier molecular flexibility index (Phi) is 5.15. The second-order valence-electron chi connectivity index (χ2n) is 4.23. The van der Waals surface area contributed by atoms with Crippen LogP contribution in [0.1, 0.15) is 12.8 Å². The summed E-state index contributed by atoms with van der Waals surface area (Å²) in [5.74, 6) is 1.23. The summed E-state index contributed by atoms with van der Waals surface area (Å²) in [4.78, 5) is 2.49. The number of nitrogens with zero attached hydrogens (tertiary/aromatic N) is 1. The largest absolute Gasteiger partial charge is 0.314 e. The normalized spacial score (nSPS) is 30.5. The van der Waals surface area contributed by atoms with Crippen molar-refractivity contribution >= 4 is 23.0 Å². The Balaban J connectivity index is 0.00000112. The van der Waals surface area contributed by atoms with Crippen LogP contribution in [0.25, 0.3) is 0 Å². The number of rotatable bonds is 1. The third kappa shape index (κ3) is 3.76. The molecule has 2 aliphatic heterocycles. The van der Waals surface area contributed by atoms with Gasteiger partial charge in [-0.25, -0.2) is 0 Å². The van der Waals surface area contributed by atoms with Crippen molar-refractivity contribution in [1.29, 1.82) is 0 Å². The lowest BCUT2D eigenvalue weighted by atomic mass is 10.1. The molecule has 0 spiro atoms. The minimum atomic E-state index is -2.20. The fourth-order valence-electron chi connectivity index (χ4n) is 2.31. The van der Waals surface area contributed by atoms with Crippen LogP contribution in [0.5, 0.6) is 0 Å². The molecule has 0 aromatic rings. The van der Waals surface area contributed by atoms with E-state index in [9.17, 15) is 9.11 Å². The van der Waals surface area contributed by atoms with Crippen LogP contribution in [0.2, 0.25) is 0 Å². The van der Waals surface area contributed by atoms with Gasteiger partial charge in [-0.1, -0.05) is 0 Å². The van der Waals surface area contributed by atoms with E-state index in [0.29, 0.717) is 17.5 Å². The quantitative estimate of drug-likeness (QED) is 0.661. The van der Waals surface area contributed by atoms with E-state index in [1.807, 2.05) is 0 Å². The lowest BCUT2D eigenvalue weighted by Gasteiger charge is -2.44. The number of hydrogen-bond acceptors (Lipinski definition) is 4. The van der Waals surface area contributed by atoms with Crippen LogP contribution in [-0.2, 0) is 0 Å². The van der Waals surface area contributed by atoms with Crippen molar-refractivity contribution in [2.45, 2.75) is 18.9 Å². The summed E-state index contributed by atoms with van der Waals surface area (Å²) in [6.07, 6.45) is 1.92. The molecule has 92 valence electrons. The van der Waals surface area contributed by atoms with Crippen LogP contribution in [0.4, 0.5) is 0 Å². The monoisotopic (exact) mass is 256 g/mol. The molecule has 0 saturated carbocycles. The molecular formula is C9H21ClN2O2S. The van der Waals surface area contributed by atoms with Crippen LogP contribution >= 0.6 is 23.0 Å². The van der Waals surface area contributed by atoms with Crippen LogP contribution in [0, 0.1) is 0 Å². The highest BCUT2D eigenvalue weighted by Crippen LogP contribution is 2.44. The van der Waals surface area contributed by atoms with E-state index in [-0.39, 0.29) is 12.4 Å². The average molecular weight is 257 g/mol. The van der Waals surface area contributed by atoms with Crippen molar-refractivity contribution < 1.29 is 9.11 Å². The molecule has 2 saturated heterocycles. The predicted molar refractivity (Wildman–Crippen MR) is 67.3 cm³/mol. The summed E-state index contributed by atoms with van der Waals surface area (Å²) in [7, 11) is -2.20. The smallest absolute Gasteiger partial charge is 0.0389 e. The van der Waals surface area contributed by atoms with E-state index in [2.05, 4.69) is 10.2 Å². The van der Waals surface area contributed by atoms with E-state index in [1.54, 1.807) is 0 Å². The lowest BCUT2D eigenvalue weighted by Crippen LogP contribution is -2.50. The third-order valence-corrected chi connectivity index (χ3v) is 5.00. The average Bonchev–Trinajstić information content (AvgIpc) is 2.19. The van der Waals surface area contributed by atoms with E-state index in [0.717, 1.165) is 39.0 Å². The summed E-state index contributed by atoms with van der Waals surface area (Å²) in [6.45, 7) is 4.38. The van der Waals surface area contributed by atoms with E-state index >= 15 is 0 Å². The molecule has 0 bridgehead atoms. The van der Waals surface area contributed by atoms with Gasteiger partial charge in [-0.3, -0.25) is 14.0 Å². The molecule has 0 aromatic heterocycles. The maximum atomic E-state index is 9.50. The summed E-state index contributed by atoms with van der Waals surface area (Å²) in [6, 6.07) is 0.594. The zero-order chi connectivity index (χ0) is 10.0. The highest BCUT2D eigenvalue weighted by atomic mass is 35.5. The number of hydrogen-bond donors (Lipinski definition) is 3. The molecule has 2 fully saturated rings. The Hall–Kier alpha value is 0.480. The van der Waals surface area contributed by atoms with Gasteiger partial charge in [-0.2, -0.15) is 10.6 Å². The van der Waals surface area contributed by atoms with Gasteiger partial charge in [-0.15, -0.1) is 12.4 Å². The Labute approximate surface area is 99.2 Å². The number of nitrogens with one attached hydrogen (secondary N) is 1. The van der Waals surface area contributed by atoms with E-state index < -0.39 is 10.6 Å². The first-order valence-electron chi connectivity index (χ1n) is 5.36. The predicted octanol–water partition coefficient (Wildman–Crippen LogP) is 1.23. The molecule has 6 heteroatoms. The molecule has 0 unspecified atom stereocenters. The second-order valence-corrected chi connectivity index (χ2v) is 6.65. The molecular weight excluding hydrogens is 236 g/mol. The van der Waals surface area contributed by atoms with Crippen molar-refractivity contribution in [3.8, 4) is 0 Å². The zero-order valence-corrected chi connectivity index (χ0v) is 10.5. The van der Waals surface area contributed by atoms with Crippen LogP contribution in [-0.4, -0.2) is 57.7 Å². The van der Waals surface area contributed by atoms with Gasteiger partial charge >= 0.3 is 0 Å². The molecule has 15 heavy (non-hydrogen) atoms. The molecule has 4 nitrogen and oxygen atoms in total. The number of piperazine rings is 1. The number of halogens is 1. The van der Waals surface area contributed by atoms with Gasteiger partial charge in [0.05, 0.1) is 0 Å². The standard InChI is InChI=1S/C9H20N2O2S.ClH/c12-14(13)7-1-9(2-8-14)11-5-3-10-4-6-11;/h9-10,12-13H,1-8H2;1H. The maximum absolute atomic E-state index is 9.50. The first-order valence-corrected chi connectivity index (χ1v) is 7.24. The molecule has 2 aliphatic rings. The molecule has 0 atom stereocenters. The zero-order valence-electron chi connectivity index (χ0n) is 8.89. The Morgan fingerprint density at radius 1 is 1.07 bits per heavy atom. The van der Waals surface area contributed by atoms with E-state index in [4.69, 9.17) is 0 Å². The lowest BCUT2D eigenvalue weighted by molar-refractivity contribution is 0.160. The van der Waals surface area contributed by atoms with Crippen molar-refractivity contribution in [1.82, 2.24) is 10.2 Å². The highest BCUT2D eigenvalue weighted by Gasteiger charge is 2.28. The van der Waals surface area contributed by atoms with Gasteiger partial charge in [0.15, 0.2) is 0 Å². The minimum Gasteiger partial charge on any atom is -0.314 e. The fraction of sp³-hybridized carbons (Fsp3) is 1.00. The van der Waals surface area contributed by atoms with Crippen LogP contribution in [0.15, 0.2) is 0 Å². The van der Waals surface area contributed by atoms with Crippen molar-refractivity contribution in [3.05, 3.63) is 0 Å². The Morgan fingerprint density at radius 2 is 1.60 bits per heavy atom. The fourth-order valence-corrected chi connectivity index (χ4v) is 3.81. The van der Waals surface area contributed by atoms with Crippen LogP contribution < -0.4 is 5.32 Å². The van der Waals surface area contributed by atoms with Gasteiger partial charge in [0, 0.05) is 43.7 Å². The molecule has 0 radical (unpaired) electrons. The van der Waals surface area contributed by atoms with Crippen LogP contribution in [0.3, 0.4) is 0 Å². The Morgan fingerprint density at radius 3 is 2.13 bits per heavy atom. The third-order valence-electron chi connectivity index (χ3n) is 3.22. The summed E-state index contributed by atoms with van der Waals surface area (Å²) in [5, 5.41) is 3.33. The Bertz CT molecular complexity index is 191. The topological polar surface area (TPSA) is 55.7 Å². The van der Waals surface area contributed by atoms with Crippen molar-refractivity contribution in [2.75, 3.05) is 37.7 Å². The molecule has 2 rings (SSSR count). The SMILES string of the molecule is Cl.OS1(O)CCC(N2CCNCC2)CC1. The first kappa shape index (κ1) is 13.5. The van der Waals surface area contributed by atoms with Gasteiger partial charge in [0.2, 0.25) is 0 Å². The van der Waals surface area contributed by atoms with Gasteiger partial charge in [0.1, 0.15) is 0 Å². The van der Waals surface area contributed by atoms with Gasteiger partial charge in [-0.05, 0) is 12.8 Å². The molecule has 0 amide bonds. The van der Waals surface area contributed by atoms with Gasteiger partial charge < -0.3 is 5.32 Å². The second kappa shape index (κ2) is 5.70. The molecule has 2 heterocycles. The first-order chi connectivity index (χ1) is 6.67. The van der Waals surface area contributed by atoms with E-state index in [1.165, 1.54) is 0 Å². The summed E-state index contributed by atoms with van der Waals surface area (Å²) < 4.78 is 19.0. The maximum Gasteiger partial charge on any atom is 0.0389 e. The minimum absolute atomic E-state index is 0. The molecule has 0 aliphatic carbocycles.